The van der Waals surface area contributed by atoms with Crippen molar-refractivity contribution < 1.29 is 9.53 Å². The first-order valence-electron chi connectivity index (χ1n) is 6.64. The Bertz CT molecular complexity index is 516. The van der Waals surface area contributed by atoms with Crippen molar-refractivity contribution in [2.24, 2.45) is 0 Å². The van der Waals surface area contributed by atoms with Crippen molar-refractivity contribution in [2.75, 3.05) is 6.61 Å². The van der Waals surface area contributed by atoms with Gasteiger partial charge in [-0.25, -0.2) is 0 Å². The lowest BCUT2D eigenvalue weighted by Crippen LogP contribution is -2.30. The van der Waals surface area contributed by atoms with Crippen molar-refractivity contribution in [3.8, 4) is 0 Å². The van der Waals surface area contributed by atoms with E-state index in [1.54, 1.807) is 0 Å². The lowest BCUT2D eigenvalue weighted by atomic mass is 10.1. The van der Waals surface area contributed by atoms with Gasteiger partial charge in [0.05, 0.1) is 12.5 Å². The maximum absolute atomic E-state index is 11.8. The van der Waals surface area contributed by atoms with E-state index in [0.717, 1.165) is 30.7 Å². The fraction of sp³-hybridized carbons (Fsp3) is 0.571. The van der Waals surface area contributed by atoms with Crippen LogP contribution in [0.25, 0.3) is 0 Å². The molecule has 1 fully saturated rings. The van der Waals surface area contributed by atoms with Gasteiger partial charge in [0.2, 0.25) is 5.91 Å². The molecule has 2 N–H and O–H groups in total. The number of carbonyl (C=O) groups excluding carboxylic acids is 1. The highest BCUT2D eigenvalue weighted by atomic mass is 16.5. The molecule has 1 aromatic rings. The van der Waals surface area contributed by atoms with Gasteiger partial charge in [0, 0.05) is 24.4 Å². The molecule has 0 saturated carbocycles. The Morgan fingerprint density at radius 3 is 2.95 bits per heavy atom. The van der Waals surface area contributed by atoms with Crippen LogP contribution in [0.5, 0.6) is 0 Å². The van der Waals surface area contributed by atoms with Crippen LogP contribution < -0.4 is 10.9 Å². The third-order valence-corrected chi connectivity index (χ3v) is 3.39. The predicted octanol–water partition coefficient (Wildman–Crippen LogP) is 1.18. The van der Waals surface area contributed by atoms with Gasteiger partial charge in [-0.1, -0.05) is 0 Å². The average molecular weight is 264 g/mol. The third-order valence-electron chi connectivity index (χ3n) is 3.39. The molecule has 1 amide bonds. The monoisotopic (exact) mass is 264 g/mol. The number of rotatable bonds is 4. The Morgan fingerprint density at radius 1 is 1.53 bits per heavy atom. The summed E-state index contributed by atoms with van der Waals surface area (Å²) in [6.07, 6.45) is 2.38. The molecule has 0 radical (unpaired) electrons. The summed E-state index contributed by atoms with van der Waals surface area (Å²) in [6.45, 7) is 4.74. The van der Waals surface area contributed by atoms with E-state index in [9.17, 15) is 9.59 Å². The number of nitrogens with one attached hydrogen (secondary N) is 2. The molecule has 2 heterocycles. The van der Waals surface area contributed by atoms with Gasteiger partial charge < -0.3 is 15.0 Å². The number of aromatic nitrogens is 1. The van der Waals surface area contributed by atoms with Gasteiger partial charge in [0.15, 0.2) is 0 Å². The van der Waals surface area contributed by atoms with E-state index in [0.29, 0.717) is 12.0 Å². The molecule has 1 saturated heterocycles. The molecule has 2 rings (SSSR count). The highest BCUT2D eigenvalue weighted by molar-refractivity contribution is 5.76. The topological polar surface area (TPSA) is 71.2 Å². The van der Waals surface area contributed by atoms with Gasteiger partial charge >= 0.3 is 0 Å². The van der Waals surface area contributed by atoms with Crippen LogP contribution in [0.2, 0.25) is 0 Å². The number of hydrogen-bond donors (Lipinski definition) is 2. The maximum Gasteiger partial charge on any atom is 0.253 e. The summed E-state index contributed by atoms with van der Waals surface area (Å²) in [4.78, 5) is 26.3. The number of H-pyrrole nitrogens is 1. The molecule has 19 heavy (non-hydrogen) atoms. The summed E-state index contributed by atoms with van der Waals surface area (Å²) in [6, 6.07) is 1.91. The summed E-state index contributed by atoms with van der Waals surface area (Å²) in [7, 11) is 0. The number of pyridine rings is 1. The molecule has 5 heteroatoms. The fourth-order valence-electron chi connectivity index (χ4n) is 2.37. The number of aromatic amines is 1. The number of amides is 1. The van der Waals surface area contributed by atoms with E-state index in [2.05, 4.69) is 10.3 Å². The van der Waals surface area contributed by atoms with E-state index in [1.807, 2.05) is 19.9 Å². The minimum Gasteiger partial charge on any atom is -0.378 e. The quantitative estimate of drug-likeness (QED) is 0.857. The third kappa shape index (κ3) is 3.67. The second-order valence-corrected chi connectivity index (χ2v) is 5.06. The van der Waals surface area contributed by atoms with Gasteiger partial charge in [-0.15, -0.1) is 0 Å². The smallest absolute Gasteiger partial charge is 0.253 e. The van der Waals surface area contributed by atoms with Gasteiger partial charge in [-0.3, -0.25) is 9.59 Å². The predicted molar refractivity (Wildman–Crippen MR) is 72.0 cm³/mol. The van der Waals surface area contributed by atoms with Crippen LogP contribution in [0.3, 0.4) is 0 Å². The minimum absolute atomic E-state index is 0.0393. The van der Waals surface area contributed by atoms with Gasteiger partial charge in [-0.05, 0) is 38.3 Å². The Balaban J connectivity index is 1.91. The van der Waals surface area contributed by atoms with E-state index >= 15 is 0 Å². The van der Waals surface area contributed by atoms with Gasteiger partial charge in [-0.2, -0.15) is 0 Å². The standard InChI is InChI=1S/C14H20N2O3/c1-9-6-10(2)16-14(18)12(9)8-15-13(17)7-11-4-3-5-19-11/h6,11H,3-5,7-8H2,1-2H3,(H,15,17)(H,16,18)/t11-/m0/s1. The van der Waals surface area contributed by atoms with Crippen LogP contribution in [0.15, 0.2) is 10.9 Å². The lowest BCUT2D eigenvalue weighted by Gasteiger charge is -2.11. The fourth-order valence-corrected chi connectivity index (χ4v) is 2.37. The Labute approximate surface area is 112 Å². The SMILES string of the molecule is Cc1cc(C)c(CNC(=O)C[C@@H]2CCCO2)c(=O)[nH]1. The molecule has 0 spiro atoms. The number of ether oxygens (including phenoxy) is 1. The second kappa shape index (κ2) is 6.02. The first kappa shape index (κ1) is 13.8. The Hall–Kier alpha value is -1.62. The first-order chi connectivity index (χ1) is 9.06. The molecule has 0 bridgehead atoms. The summed E-state index contributed by atoms with van der Waals surface area (Å²) in [5, 5.41) is 2.79. The molecule has 0 aromatic carbocycles. The summed E-state index contributed by atoms with van der Waals surface area (Å²) in [5.41, 5.74) is 2.22. The van der Waals surface area contributed by atoms with E-state index < -0.39 is 0 Å². The van der Waals surface area contributed by atoms with E-state index in [-0.39, 0.29) is 24.1 Å². The highest BCUT2D eigenvalue weighted by Gasteiger charge is 2.19. The summed E-state index contributed by atoms with van der Waals surface area (Å²) < 4.78 is 5.41. The molecule has 1 aromatic heterocycles. The zero-order valence-electron chi connectivity index (χ0n) is 11.4. The zero-order valence-corrected chi connectivity index (χ0v) is 11.4. The van der Waals surface area contributed by atoms with Crippen LogP contribution in [0.4, 0.5) is 0 Å². The van der Waals surface area contributed by atoms with Crippen molar-refractivity contribution >= 4 is 5.91 Å². The Morgan fingerprint density at radius 2 is 2.32 bits per heavy atom. The normalized spacial score (nSPS) is 18.5. The van der Waals surface area contributed by atoms with Crippen molar-refractivity contribution in [3.63, 3.8) is 0 Å². The van der Waals surface area contributed by atoms with Crippen molar-refractivity contribution in [3.05, 3.63) is 33.2 Å². The molecule has 5 nitrogen and oxygen atoms in total. The molecular weight excluding hydrogens is 244 g/mol. The van der Waals surface area contributed by atoms with Crippen LogP contribution >= 0.6 is 0 Å². The van der Waals surface area contributed by atoms with Gasteiger partial charge in [0.1, 0.15) is 0 Å². The van der Waals surface area contributed by atoms with Crippen LogP contribution in [0, 0.1) is 13.8 Å². The van der Waals surface area contributed by atoms with E-state index in [4.69, 9.17) is 4.74 Å². The first-order valence-corrected chi connectivity index (χ1v) is 6.64. The van der Waals surface area contributed by atoms with Crippen molar-refractivity contribution in [1.29, 1.82) is 0 Å². The molecule has 1 aliphatic heterocycles. The molecule has 1 aliphatic rings. The molecule has 0 aliphatic carbocycles. The second-order valence-electron chi connectivity index (χ2n) is 5.06. The molecule has 0 unspecified atom stereocenters. The van der Waals surface area contributed by atoms with E-state index in [1.165, 1.54) is 0 Å². The van der Waals surface area contributed by atoms with Crippen molar-refractivity contribution in [2.45, 2.75) is 45.8 Å². The Kier molecular flexibility index (Phi) is 4.37. The largest absolute Gasteiger partial charge is 0.378 e. The van der Waals surface area contributed by atoms with Crippen LogP contribution in [-0.4, -0.2) is 23.6 Å². The van der Waals surface area contributed by atoms with Gasteiger partial charge in [0.25, 0.3) is 5.56 Å². The molecule has 104 valence electrons. The average Bonchev–Trinajstić information content (AvgIpc) is 2.80. The molecular formula is C14H20N2O3. The lowest BCUT2D eigenvalue weighted by molar-refractivity contribution is -0.123. The molecule has 1 atom stereocenters. The summed E-state index contributed by atoms with van der Waals surface area (Å²) in [5.74, 6) is -0.0636. The zero-order chi connectivity index (χ0) is 13.8. The number of aryl methyl sites for hydroxylation is 2. The minimum atomic E-state index is -0.130. The number of hydrogen-bond acceptors (Lipinski definition) is 3. The van der Waals surface area contributed by atoms with Crippen LogP contribution in [0.1, 0.15) is 36.1 Å². The highest BCUT2D eigenvalue weighted by Crippen LogP contribution is 2.15. The maximum atomic E-state index is 11.8. The summed E-state index contributed by atoms with van der Waals surface area (Å²) >= 11 is 0. The van der Waals surface area contributed by atoms with Crippen LogP contribution in [-0.2, 0) is 16.1 Å². The van der Waals surface area contributed by atoms with Crippen molar-refractivity contribution in [1.82, 2.24) is 10.3 Å². The number of carbonyl (C=O) groups is 1.